The second-order valence-electron chi connectivity index (χ2n) is 3.18. The molecule has 1 rings (SSSR count). The van der Waals surface area contributed by atoms with E-state index in [4.69, 9.17) is 6.42 Å². The van der Waals surface area contributed by atoms with Crippen LogP contribution in [0.15, 0.2) is 6.20 Å². The maximum atomic E-state index is 5.16. The van der Waals surface area contributed by atoms with E-state index in [1.54, 1.807) is 6.20 Å². The van der Waals surface area contributed by atoms with E-state index >= 15 is 0 Å². The predicted molar refractivity (Wildman–Crippen MR) is 58.1 cm³/mol. The minimum atomic E-state index is 0.797. The predicted octanol–water partition coefficient (Wildman–Crippen LogP) is 1.92. The second kappa shape index (κ2) is 5.23. The fourth-order valence-corrected chi connectivity index (χ4v) is 1.10. The van der Waals surface area contributed by atoms with Crippen molar-refractivity contribution in [1.82, 2.24) is 9.97 Å². The van der Waals surface area contributed by atoms with Crippen LogP contribution in [0, 0.1) is 26.2 Å². The van der Waals surface area contributed by atoms with Gasteiger partial charge in [0, 0.05) is 19.2 Å². The van der Waals surface area contributed by atoms with E-state index < -0.39 is 0 Å². The van der Waals surface area contributed by atoms with Gasteiger partial charge in [-0.15, -0.1) is 12.3 Å². The Morgan fingerprint density at radius 3 is 3.00 bits per heavy atom. The Morgan fingerprint density at radius 1 is 1.50 bits per heavy atom. The lowest BCUT2D eigenvalue weighted by Crippen LogP contribution is -2.06. The zero-order valence-corrected chi connectivity index (χ0v) is 8.67. The van der Waals surface area contributed by atoms with Gasteiger partial charge in [-0.2, -0.15) is 0 Å². The summed E-state index contributed by atoms with van der Waals surface area (Å²) in [6.07, 6.45) is 8.68. The van der Waals surface area contributed by atoms with Crippen molar-refractivity contribution >= 4 is 5.82 Å². The van der Waals surface area contributed by atoms with E-state index in [-0.39, 0.29) is 0 Å². The SMILES string of the molecule is C#CCCCNc1nc(C)cnc1C. The number of rotatable bonds is 4. The van der Waals surface area contributed by atoms with E-state index in [9.17, 15) is 0 Å². The molecule has 0 aliphatic rings. The molecule has 74 valence electrons. The molecule has 14 heavy (non-hydrogen) atoms. The quantitative estimate of drug-likeness (QED) is 0.581. The van der Waals surface area contributed by atoms with Gasteiger partial charge in [-0.3, -0.25) is 4.98 Å². The van der Waals surface area contributed by atoms with Gasteiger partial charge in [0.2, 0.25) is 0 Å². The van der Waals surface area contributed by atoms with Crippen LogP contribution in [0.5, 0.6) is 0 Å². The summed E-state index contributed by atoms with van der Waals surface area (Å²) < 4.78 is 0. The fraction of sp³-hybridized carbons (Fsp3) is 0.455. The van der Waals surface area contributed by atoms with Gasteiger partial charge < -0.3 is 5.32 Å². The zero-order valence-electron chi connectivity index (χ0n) is 8.67. The van der Waals surface area contributed by atoms with Crippen LogP contribution in [0.1, 0.15) is 24.2 Å². The molecular formula is C11H15N3. The largest absolute Gasteiger partial charge is 0.369 e. The number of nitrogens with zero attached hydrogens (tertiary/aromatic N) is 2. The maximum Gasteiger partial charge on any atom is 0.147 e. The van der Waals surface area contributed by atoms with Crippen LogP contribution >= 0.6 is 0 Å². The minimum absolute atomic E-state index is 0.797. The van der Waals surface area contributed by atoms with Gasteiger partial charge in [-0.25, -0.2) is 4.98 Å². The average Bonchev–Trinajstić information content (AvgIpc) is 2.18. The van der Waals surface area contributed by atoms with Gasteiger partial charge in [0.15, 0.2) is 0 Å². The summed E-state index contributed by atoms with van der Waals surface area (Å²) in [7, 11) is 0. The van der Waals surface area contributed by atoms with E-state index in [1.807, 2.05) is 13.8 Å². The molecule has 0 unspecified atom stereocenters. The standard InChI is InChI=1S/C11H15N3/c1-4-5-6-7-12-11-10(3)13-8-9(2)14-11/h1,8H,5-7H2,2-3H3,(H,12,14). The number of aryl methyl sites for hydroxylation is 2. The first kappa shape index (κ1) is 10.5. The summed E-state index contributed by atoms with van der Waals surface area (Å²) in [5.74, 6) is 3.47. The molecule has 0 saturated carbocycles. The monoisotopic (exact) mass is 189 g/mol. The van der Waals surface area contributed by atoms with Gasteiger partial charge in [0.1, 0.15) is 5.82 Å². The highest BCUT2D eigenvalue weighted by molar-refractivity contribution is 5.39. The molecule has 0 aliphatic heterocycles. The lowest BCUT2D eigenvalue weighted by molar-refractivity contribution is 0.892. The Morgan fingerprint density at radius 2 is 2.29 bits per heavy atom. The molecule has 1 aromatic heterocycles. The third-order valence-corrected chi connectivity index (χ3v) is 1.87. The van der Waals surface area contributed by atoms with Crippen molar-refractivity contribution in [1.29, 1.82) is 0 Å². The Bertz CT molecular complexity index is 339. The molecule has 3 nitrogen and oxygen atoms in total. The average molecular weight is 189 g/mol. The second-order valence-corrected chi connectivity index (χ2v) is 3.18. The van der Waals surface area contributed by atoms with Gasteiger partial charge in [-0.05, 0) is 20.3 Å². The molecule has 0 aromatic carbocycles. The van der Waals surface area contributed by atoms with E-state index in [2.05, 4.69) is 21.2 Å². The summed E-state index contributed by atoms with van der Waals surface area (Å²) in [5, 5.41) is 3.22. The molecule has 0 bridgehead atoms. The molecule has 1 heterocycles. The number of hydrogen-bond acceptors (Lipinski definition) is 3. The van der Waals surface area contributed by atoms with Gasteiger partial charge in [-0.1, -0.05) is 0 Å². The number of anilines is 1. The molecule has 0 atom stereocenters. The van der Waals surface area contributed by atoms with Crippen LogP contribution in [0.25, 0.3) is 0 Å². The molecule has 0 aliphatic carbocycles. The number of terminal acetylenes is 1. The summed E-state index contributed by atoms with van der Waals surface area (Å²) in [4.78, 5) is 8.56. The molecule has 0 spiro atoms. The smallest absolute Gasteiger partial charge is 0.147 e. The van der Waals surface area contributed by atoms with Gasteiger partial charge >= 0.3 is 0 Å². The van der Waals surface area contributed by atoms with Crippen molar-refractivity contribution in [3.05, 3.63) is 17.6 Å². The Labute approximate surface area is 85.0 Å². The normalized spacial score (nSPS) is 9.50. The third-order valence-electron chi connectivity index (χ3n) is 1.87. The summed E-state index contributed by atoms with van der Waals surface area (Å²) in [5.41, 5.74) is 1.85. The Kier molecular flexibility index (Phi) is 3.93. The lowest BCUT2D eigenvalue weighted by Gasteiger charge is -2.07. The highest BCUT2D eigenvalue weighted by atomic mass is 15.0. The topological polar surface area (TPSA) is 37.8 Å². The number of aromatic nitrogens is 2. The summed E-state index contributed by atoms with van der Waals surface area (Å²) in [6.45, 7) is 4.72. The first-order valence-corrected chi connectivity index (χ1v) is 4.71. The van der Waals surface area contributed by atoms with E-state index in [0.29, 0.717) is 0 Å². The molecule has 1 N–H and O–H groups in total. The van der Waals surface area contributed by atoms with Crippen LogP contribution in [0.2, 0.25) is 0 Å². The lowest BCUT2D eigenvalue weighted by atomic mass is 10.3. The molecule has 0 saturated heterocycles. The molecule has 1 aromatic rings. The molecular weight excluding hydrogens is 174 g/mol. The maximum absolute atomic E-state index is 5.16. The highest BCUT2D eigenvalue weighted by Gasteiger charge is 1.99. The van der Waals surface area contributed by atoms with Crippen molar-refractivity contribution in [2.45, 2.75) is 26.7 Å². The van der Waals surface area contributed by atoms with Crippen LogP contribution in [-0.4, -0.2) is 16.5 Å². The third kappa shape index (κ3) is 3.06. The number of unbranched alkanes of at least 4 members (excludes halogenated alkanes) is 1. The van der Waals surface area contributed by atoms with E-state index in [0.717, 1.165) is 36.6 Å². The van der Waals surface area contributed by atoms with Gasteiger partial charge in [0.05, 0.1) is 11.4 Å². The first-order chi connectivity index (χ1) is 6.74. The number of hydrogen-bond donors (Lipinski definition) is 1. The molecule has 3 heteroatoms. The Hall–Kier alpha value is -1.56. The molecule has 0 amide bonds. The van der Waals surface area contributed by atoms with Crippen LogP contribution < -0.4 is 5.32 Å². The van der Waals surface area contributed by atoms with Crippen molar-refractivity contribution < 1.29 is 0 Å². The fourth-order valence-electron chi connectivity index (χ4n) is 1.10. The minimum Gasteiger partial charge on any atom is -0.369 e. The van der Waals surface area contributed by atoms with Crippen molar-refractivity contribution in [3.8, 4) is 12.3 Å². The molecule has 0 fully saturated rings. The van der Waals surface area contributed by atoms with Crippen LogP contribution in [-0.2, 0) is 0 Å². The summed E-state index contributed by atoms with van der Waals surface area (Å²) >= 11 is 0. The van der Waals surface area contributed by atoms with E-state index in [1.165, 1.54) is 0 Å². The van der Waals surface area contributed by atoms with Crippen LogP contribution in [0.4, 0.5) is 5.82 Å². The van der Waals surface area contributed by atoms with Gasteiger partial charge in [0.25, 0.3) is 0 Å². The van der Waals surface area contributed by atoms with Crippen molar-refractivity contribution in [2.75, 3.05) is 11.9 Å². The van der Waals surface area contributed by atoms with Crippen LogP contribution in [0.3, 0.4) is 0 Å². The zero-order chi connectivity index (χ0) is 10.4. The van der Waals surface area contributed by atoms with Crippen molar-refractivity contribution in [3.63, 3.8) is 0 Å². The summed E-state index contributed by atoms with van der Waals surface area (Å²) in [6, 6.07) is 0. The Balaban J connectivity index is 2.50. The highest BCUT2D eigenvalue weighted by Crippen LogP contribution is 2.08. The van der Waals surface area contributed by atoms with Crippen molar-refractivity contribution in [2.24, 2.45) is 0 Å². The number of nitrogens with one attached hydrogen (secondary N) is 1. The molecule has 0 radical (unpaired) electrons. The first-order valence-electron chi connectivity index (χ1n) is 4.71.